The van der Waals surface area contributed by atoms with Gasteiger partial charge in [0.25, 0.3) is 0 Å². The van der Waals surface area contributed by atoms with Crippen LogP contribution in [0.25, 0.3) is 0 Å². The van der Waals surface area contributed by atoms with Crippen molar-refractivity contribution in [3.8, 4) is 0 Å². The van der Waals surface area contributed by atoms with Crippen molar-refractivity contribution in [1.82, 2.24) is 0 Å². The van der Waals surface area contributed by atoms with Crippen molar-refractivity contribution in [1.29, 1.82) is 0 Å². The van der Waals surface area contributed by atoms with E-state index in [4.69, 9.17) is 17.3 Å². The predicted octanol–water partition coefficient (Wildman–Crippen LogP) is 2.12. The first-order valence-electron chi connectivity index (χ1n) is 3.48. The zero-order chi connectivity index (χ0) is 9.72. The maximum absolute atomic E-state index is 10.7. The van der Waals surface area contributed by atoms with E-state index in [0.29, 0.717) is 16.2 Å². The maximum atomic E-state index is 10.7. The Morgan fingerprint density at radius 2 is 2.08 bits per heavy atom. The molecule has 0 aromatic carbocycles. The lowest BCUT2D eigenvalue weighted by Crippen LogP contribution is -2.12. The quantitative estimate of drug-likeness (QED) is 0.531. The average molecular weight is 186 g/mol. The van der Waals surface area contributed by atoms with Crippen LogP contribution in [0.5, 0.6) is 0 Å². The van der Waals surface area contributed by atoms with Gasteiger partial charge in [-0.3, -0.25) is 4.79 Å². The van der Waals surface area contributed by atoms with Gasteiger partial charge in [-0.05, 0) is 25.5 Å². The Balaban J connectivity index is 4.72. The van der Waals surface area contributed by atoms with Crippen LogP contribution in [0, 0.1) is 0 Å². The molecule has 1 amide bonds. The molecule has 0 aliphatic rings. The molecule has 0 aromatic heterocycles. The van der Waals surface area contributed by atoms with Crippen molar-refractivity contribution in [3.05, 3.63) is 34.9 Å². The zero-order valence-electron chi connectivity index (χ0n) is 7.23. The van der Waals surface area contributed by atoms with Gasteiger partial charge in [-0.15, -0.1) is 0 Å². The van der Waals surface area contributed by atoms with E-state index in [1.807, 2.05) is 0 Å². The fourth-order valence-electron chi connectivity index (χ4n) is 0.556. The third-order valence-corrected chi connectivity index (χ3v) is 1.72. The molecular weight excluding hydrogens is 174 g/mol. The lowest BCUT2D eigenvalue weighted by atomic mass is 10.2. The molecule has 0 saturated heterocycles. The van der Waals surface area contributed by atoms with Crippen LogP contribution in [0.3, 0.4) is 0 Å². The molecule has 0 spiro atoms. The molecule has 0 heterocycles. The molecule has 0 atom stereocenters. The smallest absolute Gasteiger partial charge is 0.248 e. The van der Waals surface area contributed by atoms with E-state index >= 15 is 0 Å². The Bertz CT molecular complexity index is 264. The van der Waals surface area contributed by atoms with Crippen LogP contribution in [0.4, 0.5) is 0 Å². The first-order valence-corrected chi connectivity index (χ1v) is 3.86. The summed E-state index contributed by atoms with van der Waals surface area (Å²) in [5.41, 5.74) is 6.15. The van der Waals surface area contributed by atoms with Crippen LogP contribution >= 0.6 is 11.6 Å². The summed E-state index contributed by atoms with van der Waals surface area (Å²) in [6.45, 7) is 7.10. The van der Waals surface area contributed by atoms with E-state index in [9.17, 15) is 4.79 Å². The molecule has 2 nitrogen and oxygen atoms in total. The second-order valence-corrected chi connectivity index (χ2v) is 2.79. The van der Waals surface area contributed by atoms with E-state index < -0.39 is 5.91 Å². The number of amides is 1. The standard InChI is InChI=1S/C9H12ClNO/c1-4-7(9(11)12)5-8(10)6(2)3/h4-5H,2H2,1,3H3,(H2,11,12)/b7-4?,8-5+. The van der Waals surface area contributed by atoms with Gasteiger partial charge in [0.1, 0.15) is 0 Å². The minimum absolute atomic E-state index is 0.392. The van der Waals surface area contributed by atoms with Crippen LogP contribution in [0.1, 0.15) is 13.8 Å². The minimum Gasteiger partial charge on any atom is -0.366 e. The molecule has 0 aliphatic carbocycles. The van der Waals surface area contributed by atoms with Crippen molar-refractivity contribution in [2.24, 2.45) is 5.73 Å². The SMILES string of the molecule is C=C(C)/C(Cl)=C\C(=CC)C(N)=O. The molecular formula is C9H12ClNO. The molecule has 0 aliphatic heterocycles. The Morgan fingerprint density at radius 3 is 2.33 bits per heavy atom. The van der Waals surface area contributed by atoms with Crippen LogP contribution in [-0.4, -0.2) is 5.91 Å². The number of halogens is 1. The third kappa shape index (κ3) is 3.39. The van der Waals surface area contributed by atoms with E-state index in [-0.39, 0.29) is 0 Å². The monoisotopic (exact) mass is 185 g/mol. The van der Waals surface area contributed by atoms with Crippen LogP contribution < -0.4 is 5.73 Å². The predicted molar refractivity (Wildman–Crippen MR) is 51.7 cm³/mol. The fraction of sp³-hybridized carbons (Fsp3) is 0.222. The fourth-order valence-corrected chi connectivity index (χ4v) is 0.674. The van der Waals surface area contributed by atoms with Gasteiger partial charge >= 0.3 is 0 Å². The van der Waals surface area contributed by atoms with Crippen molar-refractivity contribution in [2.75, 3.05) is 0 Å². The van der Waals surface area contributed by atoms with Gasteiger partial charge < -0.3 is 5.73 Å². The summed E-state index contributed by atoms with van der Waals surface area (Å²) in [6.07, 6.45) is 3.11. The topological polar surface area (TPSA) is 43.1 Å². The molecule has 2 N–H and O–H groups in total. The number of hydrogen-bond donors (Lipinski definition) is 1. The molecule has 12 heavy (non-hydrogen) atoms. The summed E-state index contributed by atoms with van der Waals surface area (Å²) >= 11 is 5.75. The number of carbonyl (C=O) groups excluding carboxylic acids is 1. The summed E-state index contributed by atoms with van der Waals surface area (Å²) in [5.74, 6) is -0.489. The number of carbonyl (C=O) groups is 1. The molecule has 0 fully saturated rings. The van der Waals surface area contributed by atoms with Gasteiger partial charge in [0.2, 0.25) is 5.91 Å². The molecule has 0 saturated carbocycles. The Labute approximate surface area is 77.4 Å². The normalized spacial score (nSPS) is 12.9. The number of rotatable bonds is 3. The van der Waals surface area contributed by atoms with Gasteiger partial charge in [0.15, 0.2) is 0 Å². The second kappa shape index (κ2) is 4.78. The Hall–Kier alpha value is -1.02. The largest absolute Gasteiger partial charge is 0.366 e. The van der Waals surface area contributed by atoms with Crippen LogP contribution in [0.2, 0.25) is 0 Å². The average Bonchev–Trinajstić information content (AvgIpc) is 1.98. The van der Waals surface area contributed by atoms with Crippen LogP contribution in [-0.2, 0) is 4.79 Å². The Kier molecular flexibility index (Phi) is 4.37. The van der Waals surface area contributed by atoms with Gasteiger partial charge in [-0.2, -0.15) is 0 Å². The van der Waals surface area contributed by atoms with E-state index in [1.165, 1.54) is 6.08 Å². The van der Waals surface area contributed by atoms with Crippen molar-refractivity contribution in [3.63, 3.8) is 0 Å². The summed E-state index contributed by atoms with van der Waals surface area (Å²) in [7, 11) is 0. The third-order valence-electron chi connectivity index (χ3n) is 1.29. The molecule has 0 unspecified atom stereocenters. The highest BCUT2D eigenvalue weighted by atomic mass is 35.5. The van der Waals surface area contributed by atoms with Crippen molar-refractivity contribution >= 4 is 17.5 Å². The highest BCUT2D eigenvalue weighted by Crippen LogP contribution is 2.14. The van der Waals surface area contributed by atoms with Gasteiger partial charge in [-0.25, -0.2) is 0 Å². The maximum Gasteiger partial charge on any atom is 0.248 e. The molecule has 0 aromatic rings. The minimum atomic E-state index is -0.489. The summed E-state index contributed by atoms with van der Waals surface area (Å²) < 4.78 is 0. The van der Waals surface area contributed by atoms with Gasteiger partial charge in [0.05, 0.1) is 0 Å². The molecule has 0 rings (SSSR count). The highest BCUT2D eigenvalue weighted by molar-refractivity contribution is 6.32. The molecule has 0 radical (unpaired) electrons. The van der Waals surface area contributed by atoms with Crippen molar-refractivity contribution < 1.29 is 4.79 Å². The molecule has 0 bridgehead atoms. The highest BCUT2D eigenvalue weighted by Gasteiger charge is 2.01. The van der Waals surface area contributed by atoms with Crippen molar-refractivity contribution in [2.45, 2.75) is 13.8 Å². The number of allylic oxidation sites excluding steroid dienone is 3. The summed E-state index contributed by atoms with van der Waals surface area (Å²) in [6, 6.07) is 0. The number of hydrogen-bond acceptors (Lipinski definition) is 1. The first kappa shape index (κ1) is 11.0. The number of primary amides is 1. The van der Waals surface area contributed by atoms with E-state index in [0.717, 1.165) is 0 Å². The molecule has 3 heteroatoms. The number of nitrogens with two attached hydrogens (primary N) is 1. The first-order chi connectivity index (χ1) is 5.49. The lowest BCUT2D eigenvalue weighted by Gasteiger charge is -1.97. The lowest BCUT2D eigenvalue weighted by molar-refractivity contribution is -0.114. The van der Waals surface area contributed by atoms with Gasteiger partial charge in [0, 0.05) is 10.6 Å². The second-order valence-electron chi connectivity index (χ2n) is 2.38. The summed E-state index contributed by atoms with van der Waals surface area (Å²) in [5, 5.41) is 0.446. The molecule has 66 valence electrons. The Morgan fingerprint density at radius 1 is 1.58 bits per heavy atom. The zero-order valence-corrected chi connectivity index (χ0v) is 7.98. The van der Waals surface area contributed by atoms with Crippen LogP contribution in [0.15, 0.2) is 34.9 Å². The van der Waals surface area contributed by atoms with E-state index in [2.05, 4.69) is 6.58 Å². The van der Waals surface area contributed by atoms with Gasteiger partial charge in [-0.1, -0.05) is 24.3 Å². The summed E-state index contributed by atoms with van der Waals surface area (Å²) in [4.78, 5) is 10.7. The van der Waals surface area contributed by atoms with E-state index in [1.54, 1.807) is 19.9 Å².